The Bertz CT molecular complexity index is 1080. The molecule has 0 saturated heterocycles. The van der Waals surface area contributed by atoms with Crippen molar-refractivity contribution in [1.82, 2.24) is 20.3 Å². The minimum absolute atomic E-state index is 0.0714. The second-order valence-corrected chi connectivity index (χ2v) is 6.31. The van der Waals surface area contributed by atoms with E-state index in [4.69, 9.17) is 9.47 Å². The number of ether oxygens (including phenoxy) is 2. The summed E-state index contributed by atoms with van der Waals surface area (Å²) in [5, 5.41) is 21.7. The zero-order valence-electron chi connectivity index (χ0n) is 16.8. The number of non-ortho nitro benzene ring substituents is 1. The largest absolute Gasteiger partial charge is 0.493 e. The van der Waals surface area contributed by atoms with Crippen LogP contribution in [0.15, 0.2) is 42.5 Å². The van der Waals surface area contributed by atoms with Crippen molar-refractivity contribution < 1.29 is 19.2 Å². The summed E-state index contributed by atoms with van der Waals surface area (Å²) in [6.07, 6.45) is 0. The summed E-state index contributed by atoms with van der Waals surface area (Å²) in [6, 6.07) is 11.4. The van der Waals surface area contributed by atoms with Gasteiger partial charge in [-0.3, -0.25) is 14.9 Å². The summed E-state index contributed by atoms with van der Waals surface area (Å²) >= 11 is 0. The van der Waals surface area contributed by atoms with Gasteiger partial charge in [0.2, 0.25) is 0 Å². The Morgan fingerprint density at radius 1 is 1.23 bits per heavy atom. The third-order valence-electron chi connectivity index (χ3n) is 4.38. The molecule has 0 saturated carbocycles. The van der Waals surface area contributed by atoms with E-state index in [0.29, 0.717) is 29.5 Å². The van der Waals surface area contributed by atoms with Gasteiger partial charge in [-0.15, -0.1) is 5.10 Å². The summed E-state index contributed by atoms with van der Waals surface area (Å²) in [5.74, 6) is 0.805. The monoisotopic (exact) mass is 411 g/mol. The molecule has 156 valence electrons. The van der Waals surface area contributed by atoms with Gasteiger partial charge in [-0.05, 0) is 37.6 Å². The van der Waals surface area contributed by atoms with Crippen molar-refractivity contribution in [2.75, 3.05) is 13.7 Å². The predicted octanol–water partition coefficient (Wildman–Crippen LogP) is 2.82. The van der Waals surface area contributed by atoms with Gasteiger partial charge in [0.1, 0.15) is 0 Å². The summed E-state index contributed by atoms with van der Waals surface area (Å²) in [4.78, 5) is 23.1. The van der Waals surface area contributed by atoms with Gasteiger partial charge >= 0.3 is 0 Å². The van der Waals surface area contributed by atoms with E-state index in [1.807, 2.05) is 13.0 Å². The van der Waals surface area contributed by atoms with Crippen molar-refractivity contribution in [2.45, 2.75) is 20.4 Å². The fourth-order valence-corrected chi connectivity index (χ4v) is 2.89. The maximum atomic E-state index is 12.6. The van der Waals surface area contributed by atoms with Crippen LogP contribution in [-0.2, 0) is 6.54 Å². The van der Waals surface area contributed by atoms with Crippen molar-refractivity contribution in [3.05, 3.63) is 69.5 Å². The molecule has 1 heterocycles. The minimum atomic E-state index is -0.492. The predicted molar refractivity (Wildman–Crippen MR) is 108 cm³/mol. The average Bonchev–Trinajstić information content (AvgIpc) is 3.14. The van der Waals surface area contributed by atoms with Crippen LogP contribution < -0.4 is 14.8 Å². The Morgan fingerprint density at radius 3 is 2.73 bits per heavy atom. The van der Waals surface area contributed by atoms with Crippen LogP contribution in [0.3, 0.4) is 0 Å². The van der Waals surface area contributed by atoms with Gasteiger partial charge < -0.3 is 14.8 Å². The number of carbonyl (C=O) groups excluding carboxylic acids is 1. The number of hydrogen-bond donors (Lipinski definition) is 1. The lowest BCUT2D eigenvalue weighted by Crippen LogP contribution is -2.24. The fourth-order valence-electron chi connectivity index (χ4n) is 2.89. The fraction of sp³-hybridized carbons (Fsp3) is 0.250. The number of carbonyl (C=O) groups is 1. The molecule has 10 nitrogen and oxygen atoms in total. The molecule has 1 aromatic heterocycles. The third-order valence-corrected chi connectivity index (χ3v) is 4.38. The van der Waals surface area contributed by atoms with E-state index in [2.05, 4.69) is 15.6 Å². The van der Waals surface area contributed by atoms with Gasteiger partial charge in [0.25, 0.3) is 11.6 Å². The van der Waals surface area contributed by atoms with Crippen molar-refractivity contribution in [2.24, 2.45) is 0 Å². The molecule has 0 fully saturated rings. The standard InChI is InChI=1S/C20H21N5O5/c1-4-30-17-9-8-14(10-18(17)29-3)12-21-20(26)19-13(2)24(23-22-19)15-6-5-7-16(11-15)25(27)28/h5-11H,4,12H2,1-3H3,(H,21,26). The highest BCUT2D eigenvalue weighted by atomic mass is 16.6. The van der Waals surface area contributed by atoms with Gasteiger partial charge in [0.05, 0.1) is 30.0 Å². The highest BCUT2D eigenvalue weighted by Crippen LogP contribution is 2.28. The molecule has 1 amide bonds. The van der Waals surface area contributed by atoms with Crippen LogP contribution in [0.1, 0.15) is 28.7 Å². The number of aromatic nitrogens is 3. The molecule has 30 heavy (non-hydrogen) atoms. The van der Waals surface area contributed by atoms with Crippen molar-refractivity contribution in [3.8, 4) is 17.2 Å². The molecule has 10 heteroatoms. The van der Waals surface area contributed by atoms with Gasteiger partial charge in [0.15, 0.2) is 17.2 Å². The topological polar surface area (TPSA) is 121 Å². The number of nitro benzene ring substituents is 1. The number of nitrogens with one attached hydrogen (secondary N) is 1. The van der Waals surface area contributed by atoms with E-state index >= 15 is 0 Å². The van der Waals surface area contributed by atoms with Crippen molar-refractivity contribution in [3.63, 3.8) is 0 Å². The van der Waals surface area contributed by atoms with Crippen molar-refractivity contribution >= 4 is 11.6 Å². The summed E-state index contributed by atoms with van der Waals surface area (Å²) in [6.45, 7) is 4.33. The van der Waals surface area contributed by atoms with E-state index in [0.717, 1.165) is 5.56 Å². The lowest BCUT2D eigenvalue weighted by molar-refractivity contribution is -0.384. The molecule has 1 N–H and O–H groups in total. The molecule has 0 bridgehead atoms. The molecular weight excluding hydrogens is 390 g/mol. The number of benzene rings is 2. The van der Waals surface area contributed by atoms with Crippen LogP contribution in [-0.4, -0.2) is 39.5 Å². The Hall–Kier alpha value is -3.95. The van der Waals surface area contributed by atoms with Crippen LogP contribution >= 0.6 is 0 Å². The van der Waals surface area contributed by atoms with E-state index in [9.17, 15) is 14.9 Å². The van der Waals surface area contributed by atoms with Gasteiger partial charge in [-0.2, -0.15) is 0 Å². The number of amides is 1. The molecule has 0 spiro atoms. The SMILES string of the molecule is CCOc1ccc(CNC(=O)c2nnn(-c3cccc([N+](=O)[O-])c3)c2C)cc1OC. The first-order valence-electron chi connectivity index (χ1n) is 9.19. The molecular formula is C20H21N5O5. The van der Waals surface area contributed by atoms with Gasteiger partial charge in [-0.1, -0.05) is 17.3 Å². The molecule has 0 aliphatic rings. The quantitative estimate of drug-likeness (QED) is 0.447. The number of methoxy groups -OCH3 is 1. The van der Waals surface area contributed by atoms with Crippen molar-refractivity contribution in [1.29, 1.82) is 0 Å². The molecule has 3 rings (SSSR count). The first-order chi connectivity index (χ1) is 14.4. The van der Waals surface area contributed by atoms with Crippen LogP contribution in [0.5, 0.6) is 11.5 Å². The Labute approximate surface area is 172 Å². The number of nitro groups is 1. The average molecular weight is 411 g/mol. The maximum absolute atomic E-state index is 12.6. The molecule has 2 aromatic carbocycles. The van der Waals surface area contributed by atoms with Crippen LogP contribution in [0.2, 0.25) is 0 Å². The normalized spacial score (nSPS) is 10.5. The second kappa shape index (κ2) is 9.03. The van der Waals surface area contributed by atoms with Crippen LogP contribution in [0.25, 0.3) is 5.69 Å². The second-order valence-electron chi connectivity index (χ2n) is 6.31. The Balaban J connectivity index is 1.74. The van der Waals surface area contributed by atoms with E-state index in [1.54, 1.807) is 38.3 Å². The molecule has 0 atom stereocenters. The molecule has 0 radical (unpaired) electrons. The summed E-state index contributed by atoms with van der Waals surface area (Å²) < 4.78 is 12.2. The Morgan fingerprint density at radius 2 is 2.03 bits per heavy atom. The first-order valence-corrected chi connectivity index (χ1v) is 9.19. The van der Waals surface area contributed by atoms with E-state index in [1.165, 1.54) is 16.8 Å². The minimum Gasteiger partial charge on any atom is -0.493 e. The zero-order valence-corrected chi connectivity index (χ0v) is 16.8. The first kappa shape index (κ1) is 20.8. The van der Waals surface area contributed by atoms with E-state index < -0.39 is 10.8 Å². The smallest absolute Gasteiger partial charge is 0.274 e. The highest BCUT2D eigenvalue weighted by molar-refractivity contribution is 5.93. The molecule has 0 unspecified atom stereocenters. The maximum Gasteiger partial charge on any atom is 0.274 e. The van der Waals surface area contributed by atoms with E-state index in [-0.39, 0.29) is 17.9 Å². The molecule has 3 aromatic rings. The molecule has 0 aliphatic carbocycles. The molecule has 0 aliphatic heterocycles. The van der Waals surface area contributed by atoms with Crippen LogP contribution in [0, 0.1) is 17.0 Å². The van der Waals surface area contributed by atoms with Gasteiger partial charge in [-0.25, -0.2) is 4.68 Å². The van der Waals surface area contributed by atoms with Gasteiger partial charge in [0, 0.05) is 18.7 Å². The highest BCUT2D eigenvalue weighted by Gasteiger charge is 2.18. The third kappa shape index (κ3) is 4.37. The number of rotatable bonds is 8. The lowest BCUT2D eigenvalue weighted by atomic mass is 10.2. The van der Waals surface area contributed by atoms with Crippen LogP contribution in [0.4, 0.5) is 5.69 Å². The lowest BCUT2D eigenvalue weighted by Gasteiger charge is -2.11. The zero-order chi connectivity index (χ0) is 21.7. The summed E-state index contributed by atoms with van der Waals surface area (Å²) in [7, 11) is 1.55. The summed E-state index contributed by atoms with van der Waals surface area (Å²) in [5.41, 5.74) is 1.81. The number of hydrogen-bond acceptors (Lipinski definition) is 7. The Kier molecular flexibility index (Phi) is 6.26. The number of nitrogens with zero attached hydrogens (tertiary/aromatic N) is 4.